The maximum atomic E-state index is 5.88. The molecule has 20 heavy (non-hydrogen) atoms. The molecule has 0 aliphatic rings. The van der Waals surface area contributed by atoms with Gasteiger partial charge in [0.25, 0.3) is 0 Å². The summed E-state index contributed by atoms with van der Waals surface area (Å²) in [4.78, 5) is 5.10. The van der Waals surface area contributed by atoms with Gasteiger partial charge in [0.2, 0.25) is 0 Å². The van der Waals surface area contributed by atoms with Gasteiger partial charge in [-0.2, -0.15) is 5.10 Å². The molecular weight excluding hydrogens is 270 g/mol. The monoisotopic (exact) mass is 285 g/mol. The van der Waals surface area contributed by atoms with Crippen molar-refractivity contribution < 1.29 is 0 Å². The van der Waals surface area contributed by atoms with E-state index in [1.165, 1.54) is 5.56 Å². The first-order valence-corrected chi connectivity index (χ1v) is 7.16. The van der Waals surface area contributed by atoms with Crippen molar-refractivity contribution in [2.24, 2.45) is 0 Å². The number of rotatable bonds is 5. The lowest BCUT2D eigenvalue weighted by atomic mass is 10.2. The van der Waals surface area contributed by atoms with Gasteiger partial charge in [-0.05, 0) is 29.1 Å². The number of hydrogen-bond donors (Lipinski definition) is 2. The average molecular weight is 285 g/mol. The number of hydrogen-bond acceptors (Lipinski definition) is 5. The summed E-state index contributed by atoms with van der Waals surface area (Å²) in [6.07, 6.45) is 3.26. The second kappa shape index (κ2) is 5.75. The molecule has 0 aliphatic carbocycles. The molecule has 6 heteroatoms. The summed E-state index contributed by atoms with van der Waals surface area (Å²) in [6.45, 7) is 1.47. The third kappa shape index (κ3) is 2.97. The third-order valence-electron chi connectivity index (χ3n) is 2.97. The number of anilines is 2. The average Bonchev–Trinajstić information content (AvgIpc) is 3.09. The molecule has 3 N–H and O–H groups in total. The predicted octanol–water partition coefficient (Wildman–Crippen LogP) is 2.58. The zero-order valence-corrected chi connectivity index (χ0v) is 11.7. The van der Waals surface area contributed by atoms with Gasteiger partial charge in [-0.25, -0.2) is 9.67 Å². The molecule has 0 fully saturated rings. The Morgan fingerprint density at radius 3 is 3.00 bits per heavy atom. The van der Waals surface area contributed by atoms with Crippen molar-refractivity contribution in [3.05, 3.63) is 58.8 Å². The van der Waals surface area contributed by atoms with E-state index in [2.05, 4.69) is 33.6 Å². The number of nitrogens with one attached hydrogen (secondary N) is 1. The smallest absolute Gasteiger partial charge is 0.137 e. The van der Waals surface area contributed by atoms with Crippen LogP contribution in [0.4, 0.5) is 11.4 Å². The first-order chi connectivity index (χ1) is 9.81. The van der Waals surface area contributed by atoms with E-state index in [0.29, 0.717) is 0 Å². The van der Waals surface area contributed by atoms with Crippen molar-refractivity contribution in [1.29, 1.82) is 0 Å². The third-order valence-corrected chi connectivity index (χ3v) is 3.91. The van der Waals surface area contributed by atoms with Gasteiger partial charge >= 0.3 is 0 Å². The standard InChI is InChI=1S/C14H15N5S/c15-13-4-5-20-14(13)7-17-12-3-1-2-11(6-12)8-19-10-16-9-18-19/h1-6,9-10,17H,7-8,15H2. The zero-order chi connectivity index (χ0) is 13.8. The second-order valence-electron chi connectivity index (χ2n) is 4.45. The second-order valence-corrected chi connectivity index (χ2v) is 5.45. The summed E-state index contributed by atoms with van der Waals surface area (Å²) < 4.78 is 1.80. The van der Waals surface area contributed by atoms with E-state index in [-0.39, 0.29) is 0 Å². The summed E-state index contributed by atoms with van der Waals surface area (Å²) in [5.41, 5.74) is 8.98. The molecule has 0 radical (unpaired) electrons. The van der Waals surface area contributed by atoms with Gasteiger partial charge in [-0.1, -0.05) is 12.1 Å². The van der Waals surface area contributed by atoms with Crippen LogP contribution in [0, 0.1) is 0 Å². The van der Waals surface area contributed by atoms with Crippen LogP contribution in [0.1, 0.15) is 10.4 Å². The van der Waals surface area contributed by atoms with Crippen molar-refractivity contribution in [3.8, 4) is 0 Å². The largest absolute Gasteiger partial charge is 0.398 e. The number of thiophene rings is 1. The minimum absolute atomic E-state index is 0.719. The summed E-state index contributed by atoms with van der Waals surface area (Å²) in [6, 6.07) is 10.2. The van der Waals surface area contributed by atoms with Gasteiger partial charge in [-0.3, -0.25) is 0 Å². The molecule has 3 rings (SSSR count). The maximum absolute atomic E-state index is 5.88. The highest BCUT2D eigenvalue weighted by Crippen LogP contribution is 2.20. The van der Waals surface area contributed by atoms with E-state index in [1.54, 1.807) is 28.7 Å². The lowest BCUT2D eigenvalue weighted by molar-refractivity contribution is 0.685. The number of nitrogens with zero attached hydrogens (tertiary/aromatic N) is 3. The van der Waals surface area contributed by atoms with E-state index in [1.807, 2.05) is 17.5 Å². The quantitative estimate of drug-likeness (QED) is 0.756. The molecule has 5 nitrogen and oxygen atoms in total. The number of aromatic nitrogens is 3. The normalized spacial score (nSPS) is 10.6. The van der Waals surface area contributed by atoms with Gasteiger partial charge < -0.3 is 11.1 Å². The number of benzene rings is 1. The number of nitrogens with two attached hydrogens (primary N) is 1. The molecule has 0 spiro atoms. The minimum atomic E-state index is 0.719. The topological polar surface area (TPSA) is 68.8 Å². The molecule has 1 aromatic carbocycles. The fraction of sp³-hybridized carbons (Fsp3) is 0.143. The highest BCUT2D eigenvalue weighted by Gasteiger charge is 2.01. The van der Waals surface area contributed by atoms with Gasteiger partial charge in [0, 0.05) is 16.3 Å². The van der Waals surface area contributed by atoms with Crippen LogP contribution in [0.3, 0.4) is 0 Å². The van der Waals surface area contributed by atoms with Crippen molar-refractivity contribution in [3.63, 3.8) is 0 Å². The number of nitrogen functional groups attached to an aromatic ring is 1. The molecule has 0 aliphatic heterocycles. The Morgan fingerprint density at radius 2 is 2.25 bits per heavy atom. The molecule has 0 saturated carbocycles. The predicted molar refractivity (Wildman–Crippen MR) is 81.6 cm³/mol. The fourth-order valence-electron chi connectivity index (χ4n) is 1.96. The van der Waals surface area contributed by atoms with Crippen LogP contribution in [0.5, 0.6) is 0 Å². The van der Waals surface area contributed by atoms with Gasteiger partial charge in [0.1, 0.15) is 12.7 Å². The van der Waals surface area contributed by atoms with Crippen LogP contribution in [-0.2, 0) is 13.1 Å². The van der Waals surface area contributed by atoms with Gasteiger partial charge in [0.05, 0.1) is 13.1 Å². The maximum Gasteiger partial charge on any atom is 0.137 e. The van der Waals surface area contributed by atoms with Crippen LogP contribution < -0.4 is 11.1 Å². The van der Waals surface area contributed by atoms with Crippen molar-refractivity contribution in [1.82, 2.24) is 14.8 Å². The van der Waals surface area contributed by atoms with E-state index < -0.39 is 0 Å². The van der Waals surface area contributed by atoms with Crippen molar-refractivity contribution in [2.45, 2.75) is 13.1 Å². The first kappa shape index (κ1) is 12.7. The molecule has 0 saturated heterocycles. The molecule has 0 atom stereocenters. The first-order valence-electron chi connectivity index (χ1n) is 6.28. The molecular formula is C14H15N5S. The molecule has 0 amide bonds. The highest BCUT2D eigenvalue weighted by molar-refractivity contribution is 7.10. The Labute approximate surface area is 121 Å². The van der Waals surface area contributed by atoms with Gasteiger partial charge in [0.15, 0.2) is 0 Å². The summed E-state index contributed by atoms with van der Waals surface area (Å²) >= 11 is 1.67. The van der Waals surface area contributed by atoms with Crippen LogP contribution in [0.15, 0.2) is 48.4 Å². The Kier molecular flexibility index (Phi) is 3.64. The SMILES string of the molecule is Nc1ccsc1CNc1cccc(Cn2cncn2)c1. The van der Waals surface area contributed by atoms with Crippen LogP contribution in [0.2, 0.25) is 0 Å². The Bertz CT molecular complexity index is 674. The van der Waals surface area contributed by atoms with Crippen LogP contribution in [0.25, 0.3) is 0 Å². The minimum Gasteiger partial charge on any atom is -0.398 e. The van der Waals surface area contributed by atoms with E-state index >= 15 is 0 Å². The molecule has 2 heterocycles. The lowest BCUT2D eigenvalue weighted by Gasteiger charge is -2.08. The van der Waals surface area contributed by atoms with Crippen LogP contribution >= 0.6 is 11.3 Å². The highest BCUT2D eigenvalue weighted by atomic mass is 32.1. The summed E-state index contributed by atoms with van der Waals surface area (Å²) in [5.74, 6) is 0. The Balaban J connectivity index is 1.67. The Morgan fingerprint density at radius 1 is 1.30 bits per heavy atom. The van der Waals surface area contributed by atoms with Gasteiger partial charge in [-0.15, -0.1) is 11.3 Å². The molecule has 3 aromatic rings. The summed E-state index contributed by atoms with van der Waals surface area (Å²) in [5, 5.41) is 9.51. The zero-order valence-electron chi connectivity index (χ0n) is 10.9. The van der Waals surface area contributed by atoms with E-state index in [9.17, 15) is 0 Å². The Hall–Kier alpha value is -2.34. The summed E-state index contributed by atoms with van der Waals surface area (Å²) in [7, 11) is 0. The molecule has 102 valence electrons. The molecule has 2 aromatic heterocycles. The van der Waals surface area contributed by atoms with E-state index in [4.69, 9.17) is 5.73 Å². The van der Waals surface area contributed by atoms with Crippen molar-refractivity contribution in [2.75, 3.05) is 11.1 Å². The van der Waals surface area contributed by atoms with Crippen LogP contribution in [-0.4, -0.2) is 14.8 Å². The van der Waals surface area contributed by atoms with E-state index in [0.717, 1.165) is 29.3 Å². The fourth-order valence-corrected chi connectivity index (χ4v) is 2.70. The molecule has 0 unspecified atom stereocenters. The molecule has 0 bridgehead atoms. The lowest BCUT2D eigenvalue weighted by Crippen LogP contribution is -2.03. The van der Waals surface area contributed by atoms with Crippen molar-refractivity contribution >= 4 is 22.7 Å².